The van der Waals surface area contributed by atoms with Crippen LogP contribution in [0.2, 0.25) is 5.02 Å². The van der Waals surface area contributed by atoms with Gasteiger partial charge in [0.25, 0.3) is 0 Å². The summed E-state index contributed by atoms with van der Waals surface area (Å²) in [6.07, 6.45) is 2.04. The van der Waals surface area contributed by atoms with Crippen molar-refractivity contribution >= 4 is 11.6 Å². The van der Waals surface area contributed by atoms with Crippen LogP contribution in [0.15, 0.2) is 48.5 Å². The van der Waals surface area contributed by atoms with Crippen LogP contribution in [-0.4, -0.2) is 19.7 Å². The van der Waals surface area contributed by atoms with E-state index in [1.807, 2.05) is 24.3 Å². The SMILES string of the molecule is COc1ccc(CCNC(C)Cc2ccc(Cl)cc2)cc1. The average Bonchev–Trinajstić information content (AvgIpc) is 2.50. The molecule has 0 aromatic heterocycles. The number of rotatable bonds is 7. The summed E-state index contributed by atoms with van der Waals surface area (Å²) >= 11 is 5.90. The molecule has 1 N–H and O–H groups in total. The lowest BCUT2D eigenvalue weighted by atomic mass is 10.1. The number of nitrogens with one attached hydrogen (secondary N) is 1. The van der Waals surface area contributed by atoms with Gasteiger partial charge in [-0.05, 0) is 61.7 Å². The maximum atomic E-state index is 5.90. The van der Waals surface area contributed by atoms with E-state index in [1.54, 1.807) is 7.11 Å². The predicted octanol–water partition coefficient (Wildman–Crippen LogP) is 4.11. The zero-order valence-corrected chi connectivity index (χ0v) is 13.4. The third-order valence-corrected chi connectivity index (χ3v) is 3.77. The van der Waals surface area contributed by atoms with E-state index in [1.165, 1.54) is 11.1 Å². The Morgan fingerprint density at radius 1 is 1.00 bits per heavy atom. The van der Waals surface area contributed by atoms with Gasteiger partial charge in [0.2, 0.25) is 0 Å². The molecule has 0 aliphatic heterocycles. The van der Waals surface area contributed by atoms with E-state index in [0.29, 0.717) is 6.04 Å². The highest BCUT2D eigenvalue weighted by Crippen LogP contribution is 2.12. The molecule has 0 fully saturated rings. The Kier molecular flexibility index (Phi) is 6.09. The minimum atomic E-state index is 0.449. The van der Waals surface area contributed by atoms with Gasteiger partial charge in [0, 0.05) is 11.1 Å². The van der Waals surface area contributed by atoms with E-state index < -0.39 is 0 Å². The summed E-state index contributed by atoms with van der Waals surface area (Å²) in [6, 6.07) is 16.8. The van der Waals surface area contributed by atoms with Crippen molar-refractivity contribution < 1.29 is 4.74 Å². The van der Waals surface area contributed by atoms with Crippen LogP contribution in [0.1, 0.15) is 18.1 Å². The first-order chi connectivity index (χ1) is 10.2. The number of methoxy groups -OCH3 is 1. The third-order valence-electron chi connectivity index (χ3n) is 3.52. The smallest absolute Gasteiger partial charge is 0.118 e. The number of hydrogen-bond acceptors (Lipinski definition) is 2. The summed E-state index contributed by atoms with van der Waals surface area (Å²) in [7, 11) is 1.69. The van der Waals surface area contributed by atoms with Crippen molar-refractivity contribution in [3.8, 4) is 5.75 Å². The maximum Gasteiger partial charge on any atom is 0.118 e. The van der Waals surface area contributed by atoms with Crippen LogP contribution in [0, 0.1) is 0 Å². The number of hydrogen-bond donors (Lipinski definition) is 1. The molecule has 0 radical (unpaired) electrons. The number of halogens is 1. The minimum absolute atomic E-state index is 0.449. The summed E-state index contributed by atoms with van der Waals surface area (Å²) in [4.78, 5) is 0. The highest BCUT2D eigenvalue weighted by molar-refractivity contribution is 6.30. The molecule has 0 saturated heterocycles. The zero-order chi connectivity index (χ0) is 15.1. The lowest BCUT2D eigenvalue weighted by Gasteiger charge is -2.14. The number of ether oxygens (including phenoxy) is 1. The van der Waals surface area contributed by atoms with Crippen LogP contribution >= 0.6 is 11.6 Å². The summed E-state index contributed by atoms with van der Waals surface area (Å²) < 4.78 is 5.16. The fourth-order valence-electron chi connectivity index (χ4n) is 2.30. The average molecular weight is 304 g/mol. The molecule has 1 unspecified atom stereocenters. The molecule has 0 saturated carbocycles. The van der Waals surface area contributed by atoms with Gasteiger partial charge >= 0.3 is 0 Å². The molecule has 2 rings (SSSR count). The van der Waals surface area contributed by atoms with Crippen molar-refractivity contribution in [1.82, 2.24) is 5.32 Å². The Balaban J connectivity index is 1.73. The standard InChI is InChI=1S/C18H22ClNO/c1-14(13-16-3-7-17(19)8-4-16)20-12-11-15-5-9-18(21-2)10-6-15/h3-10,14,20H,11-13H2,1-2H3. The van der Waals surface area contributed by atoms with Gasteiger partial charge in [0.1, 0.15) is 5.75 Å². The fraction of sp³-hybridized carbons (Fsp3) is 0.333. The van der Waals surface area contributed by atoms with Crippen LogP contribution in [-0.2, 0) is 12.8 Å². The van der Waals surface area contributed by atoms with Crippen molar-refractivity contribution in [3.63, 3.8) is 0 Å². The van der Waals surface area contributed by atoms with Crippen molar-refractivity contribution in [2.75, 3.05) is 13.7 Å². The molecule has 0 bridgehead atoms. The largest absolute Gasteiger partial charge is 0.497 e. The molecule has 2 aromatic rings. The zero-order valence-electron chi connectivity index (χ0n) is 12.6. The molecule has 1 atom stereocenters. The van der Waals surface area contributed by atoms with Gasteiger partial charge in [-0.1, -0.05) is 35.9 Å². The predicted molar refractivity (Wildman–Crippen MR) is 89.3 cm³/mol. The van der Waals surface area contributed by atoms with Crippen LogP contribution in [0.25, 0.3) is 0 Å². The summed E-state index contributed by atoms with van der Waals surface area (Å²) in [5, 5.41) is 4.35. The van der Waals surface area contributed by atoms with Crippen molar-refractivity contribution in [1.29, 1.82) is 0 Å². The Bertz CT molecular complexity index is 536. The molecule has 0 heterocycles. The van der Waals surface area contributed by atoms with Crippen LogP contribution in [0.5, 0.6) is 5.75 Å². The first-order valence-electron chi connectivity index (χ1n) is 7.28. The lowest BCUT2D eigenvalue weighted by Crippen LogP contribution is -2.29. The van der Waals surface area contributed by atoms with Crippen LogP contribution in [0.4, 0.5) is 0 Å². The Morgan fingerprint density at radius 3 is 2.24 bits per heavy atom. The molecule has 0 aliphatic carbocycles. The summed E-state index contributed by atoms with van der Waals surface area (Å²) in [6.45, 7) is 3.18. The Morgan fingerprint density at radius 2 is 1.62 bits per heavy atom. The second-order valence-corrected chi connectivity index (χ2v) is 5.72. The van der Waals surface area contributed by atoms with Gasteiger partial charge in [0.15, 0.2) is 0 Å². The van der Waals surface area contributed by atoms with Gasteiger partial charge in [-0.2, -0.15) is 0 Å². The van der Waals surface area contributed by atoms with Crippen molar-refractivity contribution in [2.45, 2.75) is 25.8 Å². The van der Waals surface area contributed by atoms with Gasteiger partial charge in [-0.15, -0.1) is 0 Å². The van der Waals surface area contributed by atoms with Crippen LogP contribution in [0.3, 0.4) is 0 Å². The second kappa shape index (κ2) is 8.06. The quantitative estimate of drug-likeness (QED) is 0.831. The van der Waals surface area contributed by atoms with E-state index in [0.717, 1.165) is 30.2 Å². The summed E-state index contributed by atoms with van der Waals surface area (Å²) in [5.41, 5.74) is 2.63. The lowest BCUT2D eigenvalue weighted by molar-refractivity contribution is 0.414. The highest BCUT2D eigenvalue weighted by Gasteiger charge is 2.03. The first-order valence-corrected chi connectivity index (χ1v) is 7.66. The maximum absolute atomic E-state index is 5.90. The van der Waals surface area contributed by atoms with Gasteiger partial charge < -0.3 is 10.1 Å². The third kappa shape index (κ3) is 5.41. The molecular weight excluding hydrogens is 282 g/mol. The second-order valence-electron chi connectivity index (χ2n) is 5.28. The van der Waals surface area contributed by atoms with Gasteiger partial charge in [-0.3, -0.25) is 0 Å². The summed E-state index contributed by atoms with van der Waals surface area (Å²) in [5.74, 6) is 0.905. The normalized spacial score (nSPS) is 12.1. The van der Waals surface area contributed by atoms with Gasteiger partial charge in [0.05, 0.1) is 7.11 Å². The molecule has 21 heavy (non-hydrogen) atoms. The van der Waals surface area contributed by atoms with E-state index in [-0.39, 0.29) is 0 Å². The Hall–Kier alpha value is -1.51. The molecule has 112 valence electrons. The van der Waals surface area contributed by atoms with Crippen LogP contribution < -0.4 is 10.1 Å². The monoisotopic (exact) mass is 303 g/mol. The van der Waals surface area contributed by atoms with E-state index in [4.69, 9.17) is 16.3 Å². The molecule has 0 aliphatic rings. The highest BCUT2D eigenvalue weighted by atomic mass is 35.5. The van der Waals surface area contributed by atoms with Crippen molar-refractivity contribution in [3.05, 3.63) is 64.7 Å². The fourth-order valence-corrected chi connectivity index (χ4v) is 2.43. The molecule has 0 amide bonds. The minimum Gasteiger partial charge on any atom is -0.497 e. The molecular formula is C18H22ClNO. The van der Waals surface area contributed by atoms with E-state index in [2.05, 4.69) is 36.5 Å². The van der Waals surface area contributed by atoms with Gasteiger partial charge in [-0.25, -0.2) is 0 Å². The van der Waals surface area contributed by atoms with Crippen molar-refractivity contribution in [2.24, 2.45) is 0 Å². The molecule has 2 aromatic carbocycles. The topological polar surface area (TPSA) is 21.3 Å². The molecule has 0 spiro atoms. The molecule has 2 nitrogen and oxygen atoms in total. The van der Waals surface area contributed by atoms with E-state index >= 15 is 0 Å². The first kappa shape index (κ1) is 15.9. The Labute approximate surface area is 132 Å². The van der Waals surface area contributed by atoms with E-state index in [9.17, 15) is 0 Å². The number of benzene rings is 2. The molecule has 3 heteroatoms.